The number of esters is 1. The number of non-ortho nitro benzene ring substituents is 1. The van der Waals surface area contributed by atoms with E-state index >= 15 is 0 Å². The average molecular weight is 461 g/mol. The van der Waals surface area contributed by atoms with E-state index in [1.165, 1.54) is 34.1 Å². The highest BCUT2D eigenvalue weighted by Crippen LogP contribution is 2.30. The van der Waals surface area contributed by atoms with Crippen molar-refractivity contribution in [1.29, 1.82) is 0 Å². The van der Waals surface area contributed by atoms with Gasteiger partial charge in [-0.15, -0.1) is 0 Å². The molecule has 9 heteroatoms. The van der Waals surface area contributed by atoms with Gasteiger partial charge in [0.2, 0.25) is 0 Å². The number of aromatic nitrogens is 1. The third-order valence-corrected chi connectivity index (χ3v) is 6.07. The minimum absolute atomic E-state index is 0.0315. The van der Waals surface area contributed by atoms with Crippen LogP contribution in [0.3, 0.4) is 0 Å². The average Bonchev–Trinajstić information content (AvgIpc) is 3.11. The third-order valence-electron chi connectivity index (χ3n) is 5.09. The Kier molecular flexibility index (Phi) is 6.14. The van der Waals surface area contributed by atoms with Gasteiger partial charge in [0.15, 0.2) is 4.80 Å². The summed E-state index contributed by atoms with van der Waals surface area (Å²) >= 11 is 1.19. The van der Waals surface area contributed by atoms with E-state index in [9.17, 15) is 19.7 Å². The van der Waals surface area contributed by atoms with Crippen molar-refractivity contribution in [3.8, 4) is 0 Å². The first-order chi connectivity index (χ1) is 15.9. The second-order valence-corrected chi connectivity index (χ2v) is 8.24. The summed E-state index contributed by atoms with van der Waals surface area (Å²) in [6, 6.07) is 14.4. The summed E-state index contributed by atoms with van der Waals surface area (Å²) in [7, 11) is 0. The van der Waals surface area contributed by atoms with Crippen molar-refractivity contribution in [3.63, 3.8) is 0 Å². The van der Waals surface area contributed by atoms with E-state index in [4.69, 9.17) is 4.74 Å². The molecule has 0 N–H and O–H groups in total. The summed E-state index contributed by atoms with van der Waals surface area (Å²) in [5.41, 5.74) is 1.81. The predicted octanol–water partition coefficient (Wildman–Crippen LogP) is 2.87. The van der Waals surface area contributed by atoms with Crippen LogP contribution in [0.4, 0.5) is 5.69 Å². The van der Waals surface area contributed by atoms with Gasteiger partial charge in [-0.1, -0.05) is 54.3 Å². The van der Waals surface area contributed by atoms with Gasteiger partial charge in [0.1, 0.15) is 6.61 Å². The molecule has 1 aliphatic heterocycles. The van der Waals surface area contributed by atoms with Crippen LogP contribution in [-0.4, -0.2) is 22.1 Å². The molecule has 0 spiro atoms. The normalized spacial score (nSPS) is 15.5. The molecule has 1 aromatic heterocycles. The first-order valence-corrected chi connectivity index (χ1v) is 10.8. The van der Waals surface area contributed by atoms with E-state index in [-0.39, 0.29) is 23.4 Å². The summed E-state index contributed by atoms with van der Waals surface area (Å²) in [6.07, 6.45) is 3.13. The number of nitro benzene ring substituents is 1. The number of thiazole rings is 1. The molecule has 0 aliphatic carbocycles. The molecule has 33 heavy (non-hydrogen) atoms. The molecule has 0 bridgehead atoms. The largest absolute Gasteiger partial charge is 0.458 e. The van der Waals surface area contributed by atoms with Crippen molar-refractivity contribution in [1.82, 2.24) is 4.57 Å². The van der Waals surface area contributed by atoms with Crippen LogP contribution in [0.1, 0.15) is 24.1 Å². The molecule has 4 rings (SSSR count). The highest BCUT2D eigenvalue weighted by molar-refractivity contribution is 7.07. The number of nitrogens with zero attached hydrogens (tertiary/aromatic N) is 3. The molecule has 1 atom stereocenters. The van der Waals surface area contributed by atoms with Crippen molar-refractivity contribution in [2.75, 3.05) is 6.61 Å². The van der Waals surface area contributed by atoms with Crippen LogP contribution in [0.5, 0.6) is 0 Å². The Morgan fingerprint density at radius 3 is 2.58 bits per heavy atom. The van der Waals surface area contributed by atoms with Crippen LogP contribution in [0.15, 0.2) is 88.3 Å². The molecule has 2 heterocycles. The van der Waals surface area contributed by atoms with Gasteiger partial charge < -0.3 is 4.74 Å². The molecule has 1 aliphatic rings. The fraction of sp³-hybridized carbons (Fsp3) is 0.125. The number of carbonyl (C=O) groups is 1. The molecule has 0 fully saturated rings. The van der Waals surface area contributed by atoms with E-state index in [1.54, 1.807) is 25.1 Å². The minimum atomic E-state index is -0.696. The number of benzene rings is 2. The first-order valence-electron chi connectivity index (χ1n) is 10.0. The number of allylic oxidation sites excluding steroid dienone is 1. The fourth-order valence-electron chi connectivity index (χ4n) is 3.59. The molecule has 0 radical (unpaired) electrons. The summed E-state index contributed by atoms with van der Waals surface area (Å²) in [6.45, 7) is 5.33. The molecule has 0 unspecified atom stereocenters. The SMILES string of the molecule is C=CCOC(=O)C1=C(C)N=c2s/c(=C/c3ccc([N+](=O)[O-])cc3)c(=O)n2[C@H]1c1ccccc1. The molecule has 0 saturated heterocycles. The summed E-state index contributed by atoms with van der Waals surface area (Å²) < 4.78 is 7.19. The molecule has 8 nitrogen and oxygen atoms in total. The Bertz CT molecular complexity index is 1450. The van der Waals surface area contributed by atoms with Crippen LogP contribution in [0.2, 0.25) is 0 Å². The predicted molar refractivity (Wildman–Crippen MR) is 124 cm³/mol. The van der Waals surface area contributed by atoms with Gasteiger partial charge in [-0.2, -0.15) is 0 Å². The Labute approximate surface area is 192 Å². The van der Waals surface area contributed by atoms with Gasteiger partial charge in [-0.25, -0.2) is 9.79 Å². The van der Waals surface area contributed by atoms with Crippen LogP contribution in [0.25, 0.3) is 6.08 Å². The summed E-state index contributed by atoms with van der Waals surface area (Å²) in [5.74, 6) is -0.561. The first kappa shape index (κ1) is 22.1. The van der Waals surface area contributed by atoms with Gasteiger partial charge in [-0.3, -0.25) is 19.5 Å². The quantitative estimate of drug-likeness (QED) is 0.243. The molecule has 0 saturated carbocycles. The lowest BCUT2D eigenvalue weighted by Crippen LogP contribution is -2.39. The fourth-order valence-corrected chi connectivity index (χ4v) is 4.64. The van der Waals surface area contributed by atoms with E-state index in [0.29, 0.717) is 20.6 Å². The monoisotopic (exact) mass is 461 g/mol. The maximum absolute atomic E-state index is 13.4. The second-order valence-electron chi connectivity index (χ2n) is 7.23. The van der Waals surface area contributed by atoms with Crippen molar-refractivity contribution < 1.29 is 14.5 Å². The van der Waals surface area contributed by atoms with Crippen molar-refractivity contribution in [2.45, 2.75) is 13.0 Å². The number of hydrogen-bond acceptors (Lipinski definition) is 7. The molecular weight excluding hydrogens is 442 g/mol. The summed E-state index contributed by atoms with van der Waals surface area (Å²) in [5, 5.41) is 10.9. The lowest BCUT2D eigenvalue weighted by Gasteiger charge is -2.24. The number of fused-ring (bicyclic) bond motifs is 1. The standard InChI is InChI=1S/C24H19N3O5S/c1-3-13-32-23(29)20-15(2)25-24-26(21(20)17-7-5-4-6-8-17)22(28)19(33-24)14-16-9-11-18(12-10-16)27(30)31/h3-12,14,21H,1,13H2,2H3/b19-14+/t21-/m0/s1. The lowest BCUT2D eigenvalue weighted by molar-refractivity contribution is -0.384. The molecule has 166 valence electrons. The Hall–Kier alpha value is -4.11. The van der Waals surface area contributed by atoms with Crippen molar-refractivity contribution in [2.24, 2.45) is 4.99 Å². The highest BCUT2D eigenvalue weighted by Gasteiger charge is 2.33. The van der Waals surface area contributed by atoms with Crippen molar-refractivity contribution >= 4 is 29.1 Å². The van der Waals surface area contributed by atoms with Gasteiger partial charge in [0, 0.05) is 12.1 Å². The maximum Gasteiger partial charge on any atom is 0.338 e. The van der Waals surface area contributed by atoms with Gasteiger partial charge in [0.05, 0.1) is 26.8 Å². The van der Waals surface area contributed by atoms with Crippen LogP contribution >= 0.6 is 11.3 Å². The third kappa shape index (κ3) is 4.31. The second kappa shape index (κ2) is 9.17. The van der Waals surface area contributed by atoms with Gasteiger partial charge in [0.25, 0.3) is 11.2 Å². The number of ether oxygens (including phenoxy) is 1. The van der Waals surface area contributed by atoms with Gasteiger partial charge in [-0.05, 0) is 36.3 Å². The van der Waals surface area contributed by atoms with Crippen LogP contribution in [-0.2, 0) is 9.53 Å². The smallest absolute Gasteiger partial charge is 0.338 e. The maximum atomic E-state index is 13.4. The Morgan fingerprint density at radius 1 is 1.24 bits per heavy atom. The zero-order valence-corrected chi connectivity index (χ0v) is 18.5. The molecule has 2 aromatic carbocycles. The number of carbonyl (C=O) groups excluding carboxylic acids is 1. The van der Waals surface area contributed by atoms with E-state index < -0.39 is 16.9 Å². The number of rotatable bonds is 6. The lowest BCUT2D eigenvalue weighted by atomic mass is 9.96. The van der Waals surface area contributed by atoms with Crippen molar-refractivity contribution in [3.05, 3.63) is 119 Å². The molecular formula is C24H19N3O5S. The van der Waals surface area contributed by atoms with Crippen LogP contribution in [0, 0.1) is 10.1 Å². The zero-order chi connectivity index (χ0) is 23.5. The topological polar surface area (TPSA) is 104 Å². The van der Waals surface area contributed by atoms with E-state index in [0.717, 1.165) is 5.56 Å². The Morgan fingerprint density at radius 2 is 1.94 bits per heavy atom. The highest BCUT2D eigenvalue weighted by atomic mass is 32.1. The number of nitro groups is 1. The molecule has 0 amide bonds. The van der Waals surface area contributed by atoms with Gasteiger partial charge >= 0.3 is 5.97 Å². The Balaban J connectivity index is 1.88. The van der Waals surface area contributed by atoms with E-state index in [1.807, 2.05) is 30.3 Å². The minimum Gasteiger partial charge on any atom is -0.458 e. The zero-order valence-electron chi connectivity index (χ0n) is 17.6. The molecule has 3 aromatic rings. The van der Waals surface area contributed by atoms with Crippen LogP contribution < -0.4 is 14.9 Å². The number of hydrogen-bond donors (Lipinski definition) is 0. The van der Waals surface area contributed by atoms with E-state index in [2.05, 4.69) is 11.6 Å². The summed E-state index contributed by atoms with van der Waals surface area (Å²) in [4.78, 5) is 41.7.